The zero-order valence-electron chi connectivity index (χ0n) is 6.43. The molecule has 62 valence electrons. The largest absolute Gasteiger partial charge is 0.505 e. The number of hydrogen-bond donors (Lipinski definition) is 2. The van der Waals surface area contributed by atoms with E-state index in [1.165, 1.54) is 12.1 Å². The molecule has 0 aliphatic rings. The molecule has 0 radical (unpaired) electrons. The lowest BCUT2D eigenvalue weighted by Crippen LogP contribution is -1.76. The number of aromatic nitrogens is 2. The Kier molecular flexibility index (Phi) is 1.30. The summed E-state index contributed by atoms with van der Waals surface area (Å²) in [4.78, 5) is 6.90. The highest BCUT2D eigenvalue weighted by Crippen LogP contribution is 2.21. The van der Waals surface area contributed by atoms with Gasteiger partial charge in [-0.2, -0.15) is 0 Å². The second kappa shape index (κ2) is 2.20. The van der Waals surface area contributed by atoms with E-state index in [0.717, 1.165) is 0 Å². The van der Waals surface area contributed by atoms with Crippen molar-refractivity contribution < 1.29 is 9.50 Å². The van der Waals surface area contributed by atoms with Crippen molar-refractivity contribution in [2.75, 3.05) is 0 Å². The van der Waals surface area contributed by atoms with Gasteiger partial charge in [0.05, 0.1) is 11.0 Å². The molecule has 0 amide bonds. The normalized spacial score (nSPS) is 10.8. The zero-order valence-corrected chi connectivity index (χ0v) is 6.43. The van der Waals surface area contributed by atoms with Crippen molar-refractivity contribution in [2.45, 2.75) is 6.92 Å². The van der Waals surface area contributed by atoms with Gasteiger partial charge in [0, 0.05) is 12.1 Å². The molecule has 1 aromatic carbocycles. The van der Waals surface area contributed by atoms with Crippen LogP contribution in [0.4, 0.5) is 4.39 Å². The summed E-state index contributed by atoms with van der Waals surface area (Å²) < 4.78 is 12.8. The number of H-pyrrole nitrogens is 1. The zero-order chi connectivity index (χ0) is 8.72. The van der Waals surface area contributed by atoms with Crippen LogP contribution >= 0.6 is 0 Å². The van der Waals surface area contributed by atoms with E-state index < -0.39 is 5.82 Å². The summed E-state index contributed by atoms with van der Waals surface area (Å²) in [7, 11) is 0. The SMILES string of the molecule is Cc1nc2cc(O)c(F)cc2[nH]1. The third-order valence-electron chi connectivity index (χ3n) is 1.67. The number of hydrogen-bond acceptors (Lipinski definition) is 2. The van der Waals surface area contributed by atoms with Gasteiger partial charge in [-0.15, -0.1) is 0 Å². The van der Waals surface area contributed by atoms with Gasteiger partial charge in [-0.25, -0.2) is 9.37 Å². The van der Waals surface area contributed by atoms with Crippen molar-refractivity contribution in [3.63, 3.8) is 0 Å². The Bertz CT molecular complexity index is 397. The highest BCUT2D eigenvalue weighted by molar-refractivity contribution is 5.76. The number of fused-ring (bicyclic) bond motifs is 1. The lowest BCUT2D eigenvalue weighted by atomic mass is 10.3. The predicted molar refractivity (Wildman–Crippen MR) is 42.5 cm³/mol. The van der Waals surface area contributed by atoms with Crippen molar-refractivity contribution in [3.05, 3.63) is 23.8 Å². The molecule has 0 fully saturated rings. The Balaban J connectivity index is 2.83. The maximum absolute atomic E-state index is 12.8. The minimum Gasteiger partial charge on any atom is -0.505 e. The first-order chi connectivity index (χ1) is 5.66. The fourth-order valence-corrected chi connectivity index (χ4v) is 1.15. The highest BCUT2D eigenvalue weighted by Gasteiger charge is 2.05. The van der Waals surface area contributed by atoms with E-state index in [-0.39, 0.29) is 5.75 Å². The van der Waals surface area contributed by atoms with Crippen LogP contribution in [0.5, 0.6) is 5.75 Å². The molecule has 3 nitrogen and oxygen atoms in total. The predicted octanol–water partition coefficient (Wildman–Crippen LogP) is 1.72. The third kappa shape index (κ3) is 0.922. The number of nitrogens with zero attached hydrogens (tertiary/aromatic N) is 1. The summed E-state index contributed by atoms with van der Waals surface area (Å²) in [6.07, 6.45) is 0. The molecule has 12 heavy (non-hydrogen) atoms. The van der Waals surface area contributed by atoms with Gasteiger partial charge < -0.3 is 10.1 Å². The van der Waals surface area contributed by atoms with Crippen LogP contribution in [-0.4, -0.2) is 15.1 Å². The number of phenols is 1. The average molecular weight is 166 g/mol. The van der Waals surface area contributed by atoms with Crippen LogP contribution in [0.15, 0.2) is 12.1 Å². The minimum absolute atomic E-state index is 0.367. The van der Waals surface area contributed by atoms with E-state index in [9.17, 15) is 4.39 Å². The maximum Gasteiger partial charge on any atom is 0.167 e. The van der Waals surface area contributed by atoms with Crippen LogP contribution in [0.2, 0.25) is 0 Å². The monoisotopic (exact) mass is 166 g/mol. The minimum atomic E-state index is -0.633. The fraction of sp³-hybridized carbons (Fsp3) is 0.125. The second-order valence-corrected chi connectivity index (χ2v) is 2.64. The van der Waals surface area contributed by atoms with E-state index in [0.29, 0.717) is 16.9 Å². The first kappa shape index (κ1) is 7.09. The molecule has 2 N–H and O–H groups in total. The van der Waals surface area contributed by atoms with Crippen LogP contribution < -0.4 is 0 Å². The van der Waals surface area contributed by atoms with E-state index in [1.54, 1.807) is 6.92 Å². The Morgan fingerprint density at radius 2 is 2.25 bits per heavy atom. The fourth-order valence-electron chi connectivity index (χ4n) is 1.15. The first-order valence-corrected chi connectivity index (χ1v) is 3.51. The Labute approximate surface area is 67.9 Å². The lowest BCUT2D eigenvalue weighted by molar-refractivity contribution is 0.433. The van der Waals surface area contributed by atoms with Crippen molar-refractivity contribution in [1.29, 1.82) is 0 Å². The number of rotatable bonds is 0. The summed E-state index contributed by atoms with van der Waals surface area (Å²) in [6, 6.07) is 2.53. The molecular weight excluding hydrogens is 159 g/mol. The highest BCUT2D eigenvalue weighted by atomic mass is 19.1. The summed E-state index contributed by atoms with van der Waals surface area (Å²) in [5, 5.41) is 9.00. The number of nitrogens with one attached hydrogen (secondary N) is 1. The van der Waals surface area contributed by atoms with Crippen LogP contribution in [-0.2, 0) is 0 Å². The van der Waals surface area contributed by atoms with Gasteiger partial charge in [-0.1, -0.05) is 0 Å². The summed E-state index contributed by atoms with van der Waals surface area (Å²) in [5.74, 6) is -0.296. The molecule has 0 atom stereocenters. The topological polar surface area (TPSA) is 48.9 Å². The maximum atomic E-state index is 12.8. The van der Waals surface area contributed by atoms with E-state index in [1.807, 2.05) is 0 Å². The molecular formula is C8H7FN2O. The van der Waals surface area contributed by atoms with Crippen molar-refractivity contribution in [1.82, 2.24) is 9.97 Å². The van der Waals surface area contributed by atoms with E-state index in [2.05, 4.69) is 9.97 Å². The number of aromatic amines is 1. The van der Waals surface area contributed by atoms with E-state index in [4.69, 9.17) is 5.11 Å². The van der Waals surface area contributed by atoms with Gasteiger partial charge in [0.1, 0.15) is 5.82 Å². The van der Waals surface area contributed by atoms with E-state index >= 15 is 0 Å². The van der Waals surface area contributed by atoms with Gasteiger partial charge in [0.25, 0.3) is 0 Å². The molecule has 0 aliphatic carbocycles. The molecule has 0 unspecified atom stereocenters. The van der Waals surface area contributed by atoms with Gasteiger partial charge >= 0.3 is 0 Å². The van der Waals surface area contributed by atoms with Crippen molar-refractivity contribution in [3.8, 4) is 5.75 Å². The molecule has 0 saturated heterocycles. The Hall–Kier alpha value is -1.58. The summed E-state index contributed by atoms with van der Waals surface area (Å²) >= 11 is 0. The third-order valence-corrected chi connectivity index (χ3v) is 1.67. The van der Waals surface area contributed by atoms with Crippen LogP contribution in [0.25, 0.3) is 11.0 Å². The lowest BCUT2D eigenvalue weighted by Gasteiger charge is -1.92. The van der Waals surface area contributed by atoms with Gasteiger partial charge in [-0.05, 0) is 6.92 Å². The molecule has 2 aromatic rings. The van der Waals surface area contributed by atoms with Crippen LogP contribution in [0, 0.1) is 12.7 Å². The van der Waals surface area contributed by atoms with Crippen LogP contribution in [0.3, 0.4) is 0 Å². The number of halogens is 1. The second-order valence-electron chi connectivity index (χ2n) is 2.64. The standard InChI is InChI=1S/C8H7FN2O/c1-4-10-6-2-5(9)8(12)3-7(6)11-4/h2-3,12H,1H3,(H,10,11). The average Bonchev–Trinajstić information content (AvgIpc) is 2.30. The molecule has 1 aromatic heterocycles. The quantitative estimate of drug-likeness (QED) is 0.626. The molecule has 0 saturated carbocycles. The molecule has 0 spiro atoms. The Morgan fingerprint density at radius 1 is 1.50 bits per heavy atom. The number of aryl methyl sites for hydroxylation is 1. The number of benzene rings is 1. The molecule has 1 heterocycles. The number of aromatic hydroxyl groups is 1. The molecule has 2 rings (SSSR count). The number of imidazole rings is 1. The Morgan fingerprint density at radius 3 is 3.00 bits per heavy atom. The summed E-state index contributed by atoms with van der Waals surface area (Å²) in [5.41, 5.74) is 1.18. The van der Waals surface area contributed by atoms with Gasteiger partial charge in [0.2, 0.25) is 0 Å². The molecule has 0 bridgehead atoms. The first-order valence-electron chi connectivity index (χ1n) is 3.51. The smallest absolute Gasteiger partial charge is 0.167 e. The van der Waals surface area contributed by atoms with Gasteiger partial charge in [-0.3, -0.25) is 0 Å². The van der Waals surface area contributed by atoms with Crippen molar-refractivity contribution >= 4 is 11.0 Å². The van der Waals surface area contributed by atoms with Crippen LogP contribution in [0.1, 0.15) is 5.82 Å². The van der Waals surface area contributed by atoms with Gasteiger partial charge in [0.15, 0.2) is 11.6 Å². The molecule has 0 aliphatic heterocycles. The summed E-state index contributed by atoms with van der Waals surface area (Å²) in [6.45, 7) is 1.77. The number of phenolic OH excluding ortho intramolecular Hbond substituents is 1. The molecule has 4 heteroatoms. The van der Waals surface area contributed by atoms with Crippen molar-refractivity contribution in [2.24, 2.45) is 0 Å².